The average molecular weight is 690 g/mol. The van der Waals surface area contributed by atoms with Crippen molar-refractivity contribution in [1.82, 2.24) is 0 Å². The zero-order chi connectivity index (χ0) is 39.7. The smallest absolute Gasteiger partial charge is 0.0887 e. The van der Waals surface area contributed by atoms with E-state index in [0.717, 1.165) is 32.6 Å². The van der Waals surface area contributed by atoms with Crippen molar-refractivity contribution in [2.45, 2.75) is 85.5 Å². The molecule has 0 unspecified atom stereocenters. The van der Waals surface area contributed by atoms with Crippen molar-refractivity contribution in [2.24, 2.45) is 0 Å². The Hall–Kier alpha value is -4.05. The molecule has 0 saturated carbocycles. The molecule has 6 rings (SSSR count). The Morgan fingerprint density at radius 2 is 1.02 bits per heavy atom. The zero-order valence-electron chi connectivity index (χ0n) is 35.3. The van der Waals surface area contributed by atoms with E-state index in [0.29, 0.717) is 22.1 Å². The summed E-state index contributed by atoms with van der Waals surface area (Å²) in [5.41, 5.74) is 7.96. The molecular weight excluding hydrogens is 636 g/mol. The second kappa shape index (κ2) is 13.0. The highest BCUT2D eigenvalue weighted by atomic mass is 35.5. The van der Waals surface area contributed by atoms with Crippen molar-refractivity contribution in [1.29, 1.82) is 0 Å². The molecule has 1 heterocycles. The normalized spacial score (nSPS) is 13.8. The number of nitrogens with zero attached hydrogens (tertiary/aromatic N) is 2. The number of hydrogen-bond donors (Lipinski definition) is 0. The first-order chi connectivity index (χ1) is 25.1. The van der Waals surface area contributed by atoms with Gasteiger partial charge in [0, 0.05) is 32.5 Å². The number of benzene rings is 5. The molecule has 0 amide bonds. The van der Waals surface area contributed by atoms with Gasteiger partial charge in [-0.15, -0.1) is 11.3 Å². The van der Waals surface area contributed by atoms with E-state index in [9.17, 15) is 0 Å². The number of aryl methyl sites for hydroxylation is 1. The van der Waals surface area contributed by atoms with E-state index in [1.54, 1.807) is 16.2 Å². The lowest BCUT2D eigenvalue weighted by Crippen LogP contribution is -2.16. The first-order valence-electron chi connectivity index (χ1n) is 19.3. The van der Waals surface area contributed by atoms with Crippen molar-refractivity contribution >= 4 is 67.1 Å². The van der Waals surface area contributed by atoms with Gasteiger partial charge in [-0.3, -0.25) is 0 Å². The summed E-state index contributed by atoms with van der Waals surface area (Å²) in [5.74, 6) is 0. The molecule has 0 aliphatic rings. The SMILES string of the molecule is [2H]c1c([2H])c([2H])c(N(c2ccc(C(C)(C)C)cc2)c2cc(C)cc(N(c3ccc(C(C)(C)C)cc3)c3csc4ccc(C(C)(C)C)cc34)c2Cl)c([2H])c1[2H]. The standard InChI is InChI=1S/C45H49ClN2S/c1-30-26-38(47(34-14-12-11-13-15-34)35-21-16-31(17-22-35)43(2,3)4)42(46)39(27-30)48(36-23-18-32(19-24-36)44(5,6)7)40-29-49-41-25-20-33(28-37(40)41)45(8,9)10/h11-29H,1-10H3/i11D,12D,13D,14D,15D. The van der Waals surface area contributed by atoms with Gasteiger partial charge in [0.2, 0.25) is 0 Å². The van der Waals surface area contributed by atoms with Crippen molar-refractivity contribution in [3.8, 4) is 0 Å². The van der Waals surface area contributed by atoms with E-state index in [-0.39, 0.29) is 34.0 Å². The van der Waals surface area contributed by atoms with Crippen LogP contribution in [-0.2, 0) is 16.2 Å². The predicted molar refractivity (Wildman–Crippen MR) is 217 cm³/mol. The van der Waals surface area contributed by atoms with Gasteiger partial charge in [-0.1, -0.05) is 122 Å². The molecule has 0 saturated heterocycles. The predicted octanol–water partition coefficient (Wildman–Crippen LogP) is 14.7. The van der Waals surface area contributed by atoms with Gasteiger partial charge >= 0.3 is 0 Å². The van der Waals surface area contributed by atoms with E-state index in [1.165, 1.54) is 11.1 Å². The lowest BCUT2D eigenvalue weighted by molar-refractivity contribution is 0.590. The Bertz CT molecular complexity index is 2330. The molecule has 0 radical (unpaired) electrons. The van der Waals surface area contributed by atoms with Gasteiger partial charge in [-0.25, -0.2) is 0 Å². The maximum atomic E-state index is 9.08. The lowest BCUT2D eigenvalue weighted by Gasteiger charge is -2.32. The topological polar surface area (TPSA) is 6.48 Å². The number of rotatable bonds is 6. The van der Waals surface area contributed by atoms with Gasteiger partial charge in [0.15, 0.2) is 0 Å². The second-order valence-corrected chi connectivity index (χ2v) is 17.2. The summed E-state index contributed by atoms with van der Waals surface area (Å²) in [6.07, 6.45) is 0. The van der Waals surface area contributed by atoms with Crippen LogP contribution >= 0.6 is 22.9 Å². The third-order valence-electron chi connectivity index (χ3n) is 9.01. The van der Waals surface area contributed by atoms with Crippen LogP contribution in [0.5, 0.6) is 0 Å². The maximum Gasteiger partial charge on any atom is 0.0887 e. The molecule has 0 bridgehead atoms. The van der Waals surface area contributed by atoms with E-state index in [1.807, 2.05) is 37.3 Å². The quantitative estimate of drug-likeness (QED) is 0.172. The molecule has 0 spiro atoms. The van der Waals surface area contributed by atoms with E-state index < -0.39 is 18.1 Å². The second-order valence-electron chi connectivity index (χ2n) is 15.9. The molecule has 0 aliphatic heterocycles. The van der Waals surface area contributed by atoms with Gasteiger partial charge in [0.25, 0.3) is 0 Å². The van der Waals surface area contributed by atoms with Crippen LogP contribution in [-0.4, -0.2) is 0 Å². The highest BCUT2D eigenvalue weighted by Crippen LogP contribution is 2.50. The molecule has 5 aromatic carbocycles. The van der Waals surface area contributed by atoms with Crippen LogP contribution in [0.2, 0.25) is 5.02 Å². The third-order valence-corrected chi connectivity index (χ3v) is 10.4. The minimum atomic E-state index is -0.448. The average Bonchev–Trinajstić information content (AvgIpc) is 3.52. The first kappa shape index (κ1) is 28.8. The fourth-order valence-electron chi connectivity index (χ4n) is 6.08. The van der Waals surface area contributed by atoms with Gasteiger partial charge in [-0.2, -0.15) is 0 Å². The van der Waals surface area contributed by atoms with Crippen LogP contribution in [0.4, 0.5) is 34.1 Å². The van der Waals surface area contributed by atoms with Gasteiger partial charge < -0.3 is 9.80 Å². The molecule has 4 heteroatoms. The van der Waals surface area contributed by atoms with Crippen LogP contribution < -0.4 is 9.80 Å². The van der Waals surface area contributed by atoms with Crippen molar-refractivity contribution in [2.75, 3.05) is 9.80 Å². The molecule has 6 aromatic rings. The highest BCUT2D eigenvalue weighted by molar-refractivity contribution is 7.17. The summed E-state index contributed by atoms with van der Waals surface area (Å²) in [5, 5.41) is 3.65. The van der Waals surface area contributed by atoms with Crippen molar-refractivity contribution in [3.05, 3.63) is 142 Å². The summed E-state index contributed by atoms with van der Waals surface area (Å²) in [4.78, 5) is 3.91. The summed E-state index contributed by atoms with van der Waals surface area (Å²) >= 11 is 9.36. The van der Waals surface area contributed by atoms with Crippen LogP contribution in [0.1, 0.15) is 91.4 Å². The zero-order valence-corrected chi connectivity index (χ0v) is 31.8. The monoisotopic (exact) mass is 689 g/mol. The van der Waals surface area contributed by atoms with Crippen LogP contribution in [0.15, 0.2) is 114 Å². The fourth-order valence-corrected chi connectivity index (χ4v) is 7.27. The Morgan fingerprint density at radius 1 is 0.551 bits per heavy atom. The number of anilines is 6. The molecule has 2 nitrogen and oxygen atoms in total. The summed E-state index contributed by atoms with van der Waals surface area (Å²) in [7, 11) is 0. The molecule has 0 atom stereocenters. The highest BCUT2D eigenvalue weighted by Gasteiger charge is 2.26. The maximum absolute atomic E-state index is 9.08. The van der Waals surface area contributed by atoms with E-state index in [4.69, 9.17) is 18.5 Å². The third kappa shape index (κ3) is 7.16. The lowest BCUT2D eigenvalue weighted by atomic mass is 9.86. The summed E-state index contributed by atoms with van der Waals surface area (Å²) in [6.45, 7) is 21.7. The van der Waals surface area contributed by atoms with E-state index >= 15 is 0 Å². The van der Waals surface area contributed by atoms with E-state index in [2.05, 4.69) is 121 Å². The first-order valence-corrected chi connectivity index (χ1v) is 18.1. The molecular formula is C45H49ClN2S. The number of thiophene rings is 1. The Kier molecular flexibility index (Phi) is 7.63. The molecule has 252 valence electrons. The number of hydrogen-bond acceptors (Lipinski definition) is 3. The van der Waals surface area contributed by atoms with Crippen molar-refractivity contribution in [3.63, 3.8) is 0 Å². The van der Waals surface area contributed by atoms with Crippen LogP contribution in [0.3, 0.4) is 0 Å². The molecule has 0 fully saturated rings. The Morgan fingerprint density at radius 3 is 1.53 bits per heavy atom. The Balaban J connectivity index is 1.68. The number of fused-ring (bicyclic) bond motifs is 1. The largest absolute Gasteiger partial charge is 0.309 e. The van der Waals surface area contributed by atoms with Gasteiger partial charge in [-0.05, 0) is 106 Å². The molecule has 0 aliphatic carbocycles. The minimum absolute atomic E-state index is 0.0276. The summed E-state index contributed by atoms with van der Waals surface area (Å²) in [6, 6.07) is 25.3. The number of para-hydroxylation sites is 1. The minimum Gasteiger partial charge on any atom is -0.309 e. The number of halogens is 1. The molecule has 49 heavy (non-hydrogen) atoms. The molecule has 1 aromatic heterocycles. The fraction of sp³-hybridized carbons (Fsp3) is 0.289. The Labute approximate surface area is 310 Å². The van der Waals surface area contributed by atoms with Crippen LogP contribution in [0.25, 0.3) is 10.1 Å². The van der Waals surface area contributed by atoms with Crippen molar-refractivity contribution < 1.29 is 6.85 Å². The molecule has 0 N–H and O–H groups in total. The summed E-state index contributed by atoms with van der Waals surface area (Å²) < 4.78 is 44.9. The van der Waals surface area contributed by atoms with Crippen LogP contribution in [0, 0.1) is 6.92 Å². The van der Waals surface area contributed by atoms with Gasteiger partial charge in [0.05, 0.1) is 28.9 Å². The van der Waals surface area contributed by atoms with Gasteiger partial charge in [0.1, 0.15) is 0 Å².